The van der Waals surface area contributed by atoms with Gasteiger partial charge in [0, 0.05) is 18.8 Å². The minimum atomic E-state index is 0.773. The molecule has 0 aromatic heterocycles. The molecule has 1 aromatic rings. The molecule has 0 N–H and O–H groups in total. The van der Waals surface area contributed by atoms with Crippen LogP contribution in [-0.4, -0.2) is 18.8 Å². The first kappa shape index (κ1) is 13.4. The number of nitrogens with zero attached hydrogens (tertiary/aromatic N) is 1. The summed E-state index contributed by atoms with van der Waals surface area (Å²) in [5, 5.41) is 0. The topological polar surface area (TPSA) is 3.24 Å². The molecular weight excluding hydrogens is 214 g/mol. The quantitative estimate of drug-likeness (QED) is 0.705. The summed E-state index contributed by atoms with van der Waals surface area (Å²) in [6.45, 7) is 6.76. The Kier molecular flexibility index (Phi) is 6.39. The standard InChI is InChI=1S/C14H23NS/c1-3-15(11-9-13(2)10-12-16)14-7-5-4-6-8-14/h4-8,13,16H,3,9-12H2,1-2H3. The number of para-hydroxylation sites is 1. The van der Waals surface area contributed by atoms with E-state index in [-0.39, 0.29) is 0 Å². The van der Waals surface area contributed by atoms with Crippen molar-refractivity contribution in [2.45, 2.75) is 26.7 Å². The molecule has 1 aromatic carbocycles. The highest BCUT2D eigenvalue weighted by molar-refractivity contribution is 7.80. The minimum Gasteiger partial charge on any atom is -0.372 e. The van der Waals surface area contributed by atoms with Crippen molar-refractivity contribution in [3.63, 3.8) is 0 Å². The fraction of sp³-hybridized carbons (Fsp3) is 0.571. The largest absolute Gasteiger partial charge is 0.372 e. The van der Waals surface area contributed by atoms with Gasteiger partial charge >= 0.3 is 0 Å². The van der Waals surface area contributed by atoms with Crippen molar-refractivity contribution in [2.75, 3.05) is 23.7 Å². The molecule has 0 bridgehead atoms. The number of thiol groups is 1. The van der Waals surface area contributed by atoms with Crippen LogP contribution in [0.1, 0.15) is 26.7 Å². The van der Waals surface area contributed by atoms with Crippen LogP contribution in [0, 0.1) is 5.92 Å². The third kappa shape index (κ3) is 4.48. The van der Waals surface area contributed by atoms with E-state index in [4.69, 9.17) is 0 Å². The fourth-order valence-corrected chi connectivity index (χ4v) is 2.29. The number of anilines is 1. The lowest BCUT2D eigenvalue weighted by Crippen LogP contribution is -2.25. The zero-order chi connectivity index (χ0) is 11.8. The molecule has 0 spiro atoms. The van der Waals surface area contributed by atoms with Crippen LogP contribution in [-0.2, 0) is 0 Å². The summed E-state index contributed by atoms with van der Waals surface area (Å²) in [6.07, 6.45) is 2.47. The van der Waals surface area contributed by atoms with Crippen molar-refractivity contribution in [1.82, 2.24) is 0 Å². The third-order valence-corrected chi connectivity index (χ3v) is 3.27. The molecular formula is C14H23NS. The molecule has 0 radical (unpaired) electrons. The normalized spacial score (nSPS) is 12.4. The van der Waals surface area contributed by atoms with E-state index in [0.717, 1.165) is 24.8 Å². The van der Waals surface area contributed by atoms with Crippen LogP contribution in [0.15, 0.2) is 30.3 Å². The summed E-state index contributed by atoms with van der Waals surface area (Å²) in [4.78, 5) is 2.44. The first-order valence-electron chi connectivity index (χ1n) is 6.18. The molecule has 1 rings (SSSR count). The van der Waals surface area contributed by atoms with E-state index in [1.807, 2.05) is 0 Å². The van der Waals surface area contributed by atoms with Crippen LogP contribution in [0.3, 0.4) is 0 Å². The van der Waals surface area contributed by atoms with Gasteiger partial charge in [0.1, 0.15) is 0 Å². The summed E-state index contributed by atoms with van der Waals surface area (Å²) in [5.74, 6) is 1.77. The zero-order valence-corrected chi connectivity index (χ0v) is 11.3. The van der Waals surface area contributed by atoms with Crippen molar-refractivity contribution in [1.29, 1.82) is 0 Å². The van der Waals surface area contributed by atoms with Crippen LogP contribution >= 0.6 is 12.6 Å². The van der Waals surface area contributed by atoms with Crippen molar-refractivity contribution >= 4 is 18.3 Å². The van der Waals surface area contributed by atoms with Gasteiger partial charge in [-0.15, -0.1) is 0 Å². The highest BCUT2D eigenvalue weighted by atomic mass is 32.1. The molecule has 0 heterocycles. The number of hydrogen-bond acceptors (Lipinski definition) is 2. The Bertz CT molecular complexity index is 273. The van der Waals surface area contributed by atoms with Gasteiger partial charge < -0.3 is 4.90 Å². The highest BCUT2D eigenvalue weighted by Gasteiger charge is 2.06. The molecule has 0 saturated carbocycles. The van der Waals surface area contributed by atoms with Gasteiger partial charge in [-0.05, 0) is 43.6 Å². The molecule has 0 aliphatic heterocycles. The van der Waals surface area contributed by atoms with E-state index in [9.17, 15) is 0 Å². The lowest BCUT2D eigenvalue weighted by Gasteiger charge is -2.24. The van der Waals surface area contributed by atoms with Crippen LogP contribution < -0.4 is 4.90 Å². The summed E-state index contributed by atoms with van der Waals surface area (Å²) in [5.41, 5.74) is 1.34. The molecule has 1 nitrogen and oxygen atoms in total. The molecule has 1 unspecified atom stereocenters. The van der Waals surface area contributed by atoms with Crippen LogP contribution in [0.2, 0.25) is 0 Å². The van der Waals surface area contributed by atoms with E-state index in [2.05, 4.69) is 61.7 Å². The van der Waals surface area contributed by atoms with Crippen LogP contribution in [0.4, 0.5) is 5.69 Å². The Labute approximate surface area is 105 Å². The number of benzene rings is 1. The van der Waals surface area contributed by atoms with Gasteiger partial charge in [0.05, 0.1) is 0 Å². The molecule has 2 heteroatoms. The second-order valence-electron chi connectivity index (χ2n) is 4.32. The fourth-order valence-electron chi connectivity index (χ4n) is 1.85. The van der Waals surface area contributed by atoms with E-state index in [1.54, 1.807) is 0 Å². The highest BCUT2D eigenvalue weighted by Crippen LogP contribution is 2.16. The number of hydrogen-bond donors (Lipinski definition) is 1. The van der Waals surface area contributed by atoms with Gasteiger partial charge in [-0.1, -0.05) is 25.1 Å². The zero-order valence-electron chi connectivity index (χ0n) is 10.4. The van der Waals surface area contributed by atoms with E-state index in [1.165, 1.54) is 18.5 Å². The van der Waals surface area contributed by atoms with Gasteiger partial charge in [0.15, 0.2) is 0 Å². The van der Waals surface area contributed by atoms with E-state index >= 15 is 0 Å². The predicted molar refractivity (Wildman–Crippen MR) is 76.6 cm³/mol. The SMILES string of the molecule is CCN(CCC(C)CCS)c1ccccc1. The Morgan fingerprint density at radius 3 is 2.44 bits per heavy atom. The van der Waals surface area contributed by atoms with Crippen molar-refractivity contribution in [3.8, 4) is 0 Å². The lowest BCUT2D eigenvalue weighted by molar-refractivity contribution is 0.517. The van der Waals surface area contributed by atoms with Crippen molar-refractivity contribution in [3.05, 3.63) is 30.3 Å². The van der Waals surface area contributed by atoms with E-state index in [0.29, 0.717) is 0 Å². The van der Waals surface area contributed by atoms with Gasteiger partial charge in [-0.25, -0.2) is 0 Å². The third-order valence-electron chi connectivity index (χ3n) is 3.02. The molecule has 0 amide bonds. The van der Waals surface area contributed by atoms with Crippen molar-refractivity contribution < 1.29 is 0 Å². The van der Waals surface area contributed by atoms with Crippen molar-refractivity contribution in [2.24, 2.45) is 5.92 Å². The maximum absolute atomic E-state index is 4.28. The van der Waals surface area contributed by atoms with E-state index < -0.39 is 0 Å². The molecule has 0 saturated heterocycles. The van der Waals surface area contributed by atoms with Gasteiger partial charge in [-0.2, -0.15) is 12.6 Å². The Hall–Kier alpha value is -0.630. The second-order valence-corrected chi connectivity index (χ2v) is 4.77. The maximum Gasteiger partial charge on any atom is 0.0366 e. The monoisotopic (exact) mass is 237 g/mol. The summed E-state index contributed by atoms with van der Waals surface area (Å²) >= 11 is 4.28. The average Bonchev–Trinajstić information content (AvgIpc) is 2.31. The average molecular weight is 237 g/mol. The first-order chi connectivity index (χ1) is 7.77. The Morgan fingerprint density at radius 2 is 1.88 bits per heavy atom. The predicted octanol–water partition coefficient (Wildman–Crippen LogP) is 3.86. The number of rotatable bonds is 7. The molecule has 0 aliphatic rings. The lowest BCUT2D eigenvalue weighted by atomic mass is 10.0. The molecule has 0 aliphatic carbocycles. The molecule has 16 heavy (non-hydrogen) atoms. The molecule has 1 atom stereocenters. The van der Waals surface area contributed by atoms with Gasteiger partial charge in [0.2, 0.25) is 0 Å². The summed E-state index contributed by atoms with van der Waals surface area (Å²) in [6, 6.07) is 10.7. The summed E-state index contributed by atoms with van der Waals surface area (Å²) in [7, 11) is 0. The summed E-state index contributed by atoms with van der Waals surface area (Å²) < 4.78 is 0. The van der Waals surface area contributed by atoms with Crippen LogP contribution in [0.5, 0.6) is 0 Å². The smallest absolute Gasteiger partial charge is 0.0366 e. The Morgan fingerprint density at radius 1 is 1.19 bits per heavy atom. The maximum atomic E-state index is 4.28. The second kappa shape index (κ2) is 7.61. The van der Waals surface area contributed by atoms with Gasteiger partial charge in [-0.3, -0.25) is 0 Å². The molecule has 90 valence electrons. The first-order valence-corrected chi connectivity index (χ1v) is 6.82. The van der Waals surface area contributed by atoms with Gasteiger partial charge in [0.25, 0.3) is 0 Å². The minimum absolute atomic E-state index is 0.773. The Balaban J connectivity index is 2.44. The molecule has 0 fully saturated rings. The van der Waals surface area contributed by atoms with Crippen LogP contribution in [0.25, 0.3) is 0 Å².